The molecule has 0 fully saturated rings. The van der Waals surface area contributed by atoms with Gasteiger partial charge in [0.15, 0.2) is 5.78 Å². The predicted molar refractivity (Wildman–Crippen MR) is 88.3 cm³/mol. The van der Waals surface area contributed by atoms with E-state index in [9.17, 15) is 4.79 Å². The SMILES string of the molecule is Cc1nc(Cc2nnc(SCC(=O)c3ccc(Cl)s3)o2)cs1. The highest BCUT2D eigenvalue weighted by atomic mass is 35.5. The number of aryl methyl sites for hydroxylation is 1. The van der Waals surface area contributed by atoms with Crippen LogP contribution in [0, 0.1) is 6.92 Å². The number of rotatable bonds is 6. The van der Waals surface area contributed by atoms with Crippen molar-refractivity contribution >= 4 is 51.8 Å². The van der Waals surface area contributed by atoms with E-state index in [2.05, 4.69) is 15.2 Å². The van der Waals surface area contributed by atoms with Crippen LogP contribution in [0.4, 0.5) is 0 Å². The molecule has 0 radical (unpaired) electrons. The lowest BCUT2D eigenvalue weighted by Gasteiger charge is -1.94. The number of aromatic nitrogens is 3. The number of thiazole rings is 1. The monoisotopic (exact) mass is 371 g/mol. The average molecular weight is 372 g/mol. The lowest BCUT2D eigenvalue weighted by Crippen LogP contribution is -1.98. The Bertz CT molecular complexity index is 796. The molecule has 114 valence electrons. The molecule has 0 saturated carbocycles. The summed E-state index contributed by atoms with van der Waals surface area (Å²) in [7, 11) is 0. The Hall–Kier alpha value is -1.22. The van der Waals surface area contributed by atoms with Gasteiger partial charge in [-0.1, -0.05) is 23.4 Å². The number of thioether (sulfide) groups is 1. The first-order valence-corrected chi connectivity index (χ1v) is 9.31. The third-order valence-electron chi connectivity index (χ3n) is 2.62. The van der Waals surface area contributed by atoms with E-state index in [1.807, 2.05) is 12.3 Å². The van der Waals surface area contributed by atoms with Crippen molar-refractivity contribution in [2.75, 3.05) is 5.75 Å². The second kappa shape index (κ2) is 6.91. The minimum Gasteiger partial charge on any atom is -0.416 e. The molecule has 9 heteroatoms. The van der Waals surface area contributed by atoms with E-state index in [4.69, 9.17) is 16.0 Å². The van der Waals surface area contributed by atoms with Crippen LogP contribution >= 0.6 is 46.0 Å². The number of carbonyl (C=O) groups is 1. The molecule has 5 nitrogen and oxygen atoms in total. The topological polar surface area (TPSA) is 68.9 Å². The highest BCUT2D eigenvalue weighted by Crippen LogP contribution is 2.25. The van der Waals surface area contributed by atoms with Crippen LogP contribution < -0.4 is 0 Å². The molecule has 0 N–H and O–H groups in total. The molecule has 0 spiro atoms. The first-order chi connectivity index (χ1) is 10.6. The Morgan fingerprint density at radius 2 is 2.27 bits per heavy atom. The molecule has 3 heterocycles. The van der Waals surface area contributed by atoms with Gasteiger partial charge in [-0.2, -0.15) is 0 Å². The van der Waals surface area contributed by atoms with Gasteiger partial charge in [-0.05, 0) is 19.1 Å². The van der Waals surface area contributed by atoms with Crippen molar-refractivity contribution in [2.24, 2.45) is 0 Å². The van der Waals surface area contributed by atoms with Crippen molar-refractivity contribution in [1.82, 2.24) is 15.2 Å². The van der Waals surface area contributed by atoms with Crippen LogP contribution in [0.15, 0.2) is 27.2 Å². The quantitative estimate of drug-likeness (QED) is 0.479. The molecule has 3 rings (SSSR count). The summed E-state index contributed by atoms with van der Waals surface area (Å²) in [6.45, 7) is 1.95. The van der Waals surface area contributed by atoms with E-state index in [1.165, 1.54) is 23.1 Å². The summed E-state index contributed by atoms with van der Waals surface area (Å²) >= 11 is 9.90. The maximum Gasteiger partial charge on any atom is 0.277 e. The first kappa shape index (κ1) is 15.7. The van der Waals surface area contributed by atoms with Gasteiger partial charge in [-0.15, -0.1) is 32.9 Å². The van der Waals surface area contributed by atoms with Crippen molar-refractivity contribution in [3.8, 4) is 0 Å². The summed E-state index contributed by atoms with van der Waals surface area (Å²) in [5.41, 5.74) is 0.909. The maximum absolute atomic E-state index is 12.0. The van der Waals surface area contributed by atoms with Gasteiger partial charge in [0.05, 0.1) is 32.1 Å². The first-order valence-electron chi connectivity index (χ1n) is 6.25. The van der Waals surface area contributed by atoms with Gasteiger partial charge >= 0.3 is 0 Å². The van der Waals surface area contributed by atoms with Gasteiger partial charge in [-0.3, -0.25) is 4.79 Å². The zero-order valence-corrected chi connectivity index (χ0v) is 14.6. The van der Waals surface area contributed by atoms with E-state index >= 15 is 0 Å². The summed E-state index contributed by atoms with van der Waals surface area (Å²) in [6.07, 6.45) is 0.506. The molecular formula is C13H10ClN3O2S3. The summed E-state index contributed by atoms with van der Waals surface area (Å²) in [5.74, 6) is 0.741. The third kappa shape index (κ3) is 3.95. The highest BCUT2D eigenvalue weighted by molar-refractivity contribution is 7.99. The van der Waals surface area contributed by atoms with Crippen molar-refractivity contribution < 1.29 is 9.21 Å². The van der Waals surface area contributed by atoms with Crippen molar-refractivity contribution in [2.45, 2.75) is 18.6 Å². The van der Waals surface area contributed by atoms with Crippen LogP contribution in [0.3, 0.4) is 0 Å². The van der Waals surface area contributed by atoms with Crippen LogP contribution in [0.25, 0.3) is 0 Å². The molecule has 3 aromatic heterocycles. The normalized spacial score (nSPS) is 11.0. The molecule has 3 aromatic rings. The van der Waals surface area contributed by atoms with Crippen molar-refractivity contribution in [3.05, 3.63) is 43.3 Å². The fourth-order valence-electron chi connectivity index (χ4n) is 1.67. The smallest absolute Gasteiger partial charge is 0.277 e. The molecule has 0 aromatic carbocycles. The second-order valence-electron chi connectivity index (χ2n) is 4.31. The third-order valence-corrected chi connectivity index (χ3v) is 5.53. The van der Waals surface area contributed by atoms with E-state index in [-0.39, 0.29) is 11.5 Å². The number of halogens is 1. The minimum atomic E-state index is -0.00299. The molecule has 0 saturated heterocycles. The number of thiophene rings is 1. The fraction of sp³-hybridized carbons (Fsp3) is 0.231. The van der Waals surface area contributed by atoms with E-state index < -0.39 is 0 Å². The van der Waals surface area contributed by atoms with Crippen molar-refractivity contribution in [1.29, 1.82) is 0 Å². The Labute approximate surface area is 143 Å². The number of Topliss-reactive ketones (excluding diaryl/α,β-unsaturated/α-hetero) is 1. The van der Waals surface area contributed by atoms with Crippen molar-refractivity contribution in [3.63, 3.8) is 0 Å². The fourth-order valence-corrected chi connectivity index (χ4v) is 4.02. The summed E-state index contributed by atoms with van der Waals surface area (Å²) < 4.78 is 6.12. The average Bonchev–Trinajstić information content (AvgIpc) is 3.19. The van der Waals surface area contributed by atoms with E-state index in [0.717, 1.165) is 10.7 Å². The van der Waals surface area contributed by atoms with E-state index in [1.54, 1.807) is 23.5 Å². The Balaban J connectivity index is 1.56. The zero-order chi connectivity index (χ0) is 15.5. The standard InChI is InChI=1S/C13H10ClN3O2S3/c1-7-15-8(5-20-7)4-12-16-17-13(19-12)21-6-9(18)10-2-3-11(14)22-10/h2-3,5H,4,6H2,1H3. The summed E-state index contributed by atoms with van der Waals surface area (Å²) in [6, 6.07) is 3.43. The Morgan fingerprint density at radius 3 is 2.95 bits per heavy atom. The molecule has 0 atom stereocenters. The Kier molecular flexibility index (Phi) is 4.92. The molecule has 22 heavy (non-hydrogen) atoms. The highest BCUT2D eigenvalue weighted by Gasteiger charge is 2.13. The summed E-state index contributed by atoms with van der Waals surface area (Å²) in [4.78, 5) is 16.9. The minimum absolute atomic E-state index is 0.00299. The van der Waals surface area contributed by atoms with Gasteiger partial charge < -0.3 is 4.42 Å². The zero-order valence-electron chi connectivity index (χ0n) is 11.4. The van der Waals surface area contributed by atoms with Crippen LogP contribution in [-0.2, 0) is 6.42 Å². The van der Waals surface area contributed by atoms with Crippen LogP contribution in [0.2, 0.25) is 4.34 Å². The van der Waals surface area contributed by atoms with Gasteiger partial charge in [0.25, 0.3) is 5.22 Å². The molecule has 0 unspecified atom stereocenters. The second-order valence-corrected chi connectivity index (χ2v) is 8.02. The van der Waals surface area contributed by atoms with Gasteiger partial charge in [0.1, 0.15) is 0 Å². The number of hydrogen-bond donors (Lipinski definition) is 0. The number of hydrogen-bond acceptors (Lipinski definition) is 8. The number of ketones is 1. The summed E-state index contributed by atoms with van der Waals surface area (Å²) in [5, 5.41) is 11.3. The molecular weight excluding hydrogens is 362 g/mol. The molecule has 0 aliphatic heterocycles. The molecule has 0 bridgehead atoms. The van der Waals surface area contributed by atoms with E-state index in [0.29, 0.717) is 26.7 Å². The molecule has 0 aliphatic rings. The maximum atomic E-state index is 12.0. The van der Waals surface area contributed by atoms with Crippen LogP contribution in [0.5, 0.6) is 0 Å². The lowest BCUT2D eigenvalue weighted by molar-refractivity contribution is 0.102. The number of carbonyl (C=O) groups excluding carboxylic acids is 1. The molecule has 0 amide bonds. The molecule has 0 aliphatic carbocycles. The predicted octanol–water partition coefficient (Wildman–Crippen LogP) is 4.12. The van der Waals surface area contributed by atoms with Gasteiger partial charge in [-0.25, -0.2) is 4.98 Å². The lowest BCUT2D eigenvalue weighted by atomic mass is 10.3. The van der Waals surface area contributed by atoms with Crippen LogP contribution in [-0.4, -0.2) is 26.7 Å². The van der Waals surface area contributed by atoms with Gasteiger partial charge in [0, 0.05) is 5.38 Å². The largest absolute Gasteiger partial charge is 0.416 e. The van der Waals surface area contributed by atoms with Gasteiger partial charge in [0.2, 0.25) is 5.89 Å². The number of nitrogens with zero attached hydrogens (tertiary/aromatic N) is 3. The van der Waals surface area contributed by atoms with Crippen LogP contribution in [0.1, 0.15) is 26.3 Å². The Morgan fingerprint density at radius 1 is 1.41 bits per heavy atom.